The van der Waals surface area contributed by atoms with Gasteiger partial charge in [-0.3, -0.25) is 0 Å². The summed E-state index contributed by atoms with van der Waals surface area (Å²) >= 11 is 5.98. The van der Waals surface area contributed by atoms with E-state index in [9.17, 15) is 0 Å². The Kier molecular flexibility index (Phi) is 3.02. The average molecular weight is 317 g/mol. The molecule has 0 atom stereocenters. The molecule has 0 spiro atoms. The van der Waals surface area contributed by atoms with E-state index in [0.29, 0.717) is 22.3 Å². The van der Waals surface area contributed by atoms with Gasteiger partial charge in [0, 0.05) is 16.7 Å². The number of nitrogens with zero attached hydrogens (tertiary/aromatic N) is 3. The van der Waals surface area contributed by atoms with Gasteiger partial charge >= 0.3 is 0 Å². The molecule has 0 amide bonds. The lowest BCUT2D eigenvalue weighted by Gasteiger charge is -2.34. The zero-order valence-corrected chi connectivity index (χ0v) is 12.4. The van der Waals surface area contributed by atoms with Crippen molar-refractivity contribution >= 4 is 11.6 Å². The summed E-state index contributed by atoms with van der Waals surface area (Å²) in [5, 5.41) is 8.62. The van der Waals surface area contributed by atoms with Crippen molar-refractivity contribution in [3.8, 4) is 22.9 Å². The first kappa shape index (κ1) is 13.5. The predicted molar refractivity (Wildman–Crippen MR) is 80.0 cm³/mol. The van der Waals surface area contributed by atoms with Crippen LogP contribution in [0, 0.1) is 0 Å². The molecule has 3 aromatic rings. The molecule has 112 valence electrons. The van der Waals surface area contributed by atoms with Crippen LogP contribution in [-0.2, 0) is 5.54 Å². The molecule has 22 heavy (non-hydrogen) atoms. The Morgan fingerprint density at radius 3 is 2.73 bits per heavy atom. The van der Waals surface area contributed by atoms with Gasteiger partial charge < -0.3 is 14.8 Å². The van der Waals surface area contributed by atoms with Gasteiger partial charge in [0.1, 0.15) is 5.69 Å². The average Bonchev–Trinajstić information content (AvgIpc) is 3.14. The molecule has 0 bridgehead atoms. The van der Waals surface area contributed by atoms with Crippen LogP contribution in [0.4, 0.5) is 0 Å². The highest BCUT2D eigenvalue weighted by Gasteiger charge is 2.39. The molecule has 2 aromatic heterocycles. The summed E-state index contributed by atoms with van der Waals surface area (Å²) in [4.78, 5) is 4.34. The van der Waals surface area contributed by atoms with Gasteiger partial charge in [-0.05, 0) is 31.4 Å². The fourth-order valence-electron chi connectivity index (χ4n) is 2.47. The summed E-state index contributed by atoms with van der Waals surface area (Å²) in [6.07, 6.45) is 2.83. The lowest BCUT2D eigenvalue weighted by atomic mass is 9.77. The Balaban J connectivity index is 1.64. The second kappa shape index (κ2) is 4.93. The van der Waals surface area contributed by atoms with Gasteiger partial charge in [0.05, 0.1) is 5.54 Å². The molecule has 0 saturated heterocycles. The third-order valence-corrected chi connectivity index (χ3v) is 4.19. The van der Waals surface area contributed by atoms with Crippen LogP contribution in [0.2, 0.25) is 5.02 Å². The highest BCUT2D eigenvalue weighted by molar-refractivity contribution is 6.30. The molecule has 1 aromatic carbocycles. The molecule has 6 nitrogen and oxygen atoms in total. The minimum Gasteiger partial charge on any atom is -0.350 e. The summed E-state index contributed by atoms with van der Waals surface area (Å²) in [5.41, 5.74) is 7.24. The molecular formula is C15H13ClN4O2. The lowest BCUT2D eigenvalue weighted by Crippen LogP contribution is -2.44. The number of hydrogen-bond donors (Lipinski definition) is 1. The van der Waals surface area contributed by atoms with Crippen molar-refractivity contribution in [2.75, 3.05) is 0 Å². The minimum atomic E-state index is -0.461. The van der Waals surface area contributed by atoms with Crippen molar-refractivity contribution in [3.05, 3.63) is 41.2 Å². The van der Waals surface area contributed by atoms with E-state index >= 15 is 0 Å². The van der Waals surface area contributed by atoms with Crippen molar-refractivity contribution in [1.82, 2.24) is 15.3 Å². The van der Waals surface area contributed by atoms with Gasteiger partial charge in [-0.15, -0.1) is 0 Å². The Bertz CT molecular complexity index is 822. The molecule has 1 aliphatic rings. The van der Waals surface area contributed by atoms with Gasteiger partial charge in [-0.2, -0.15) is 4.98 Å². The molecule has 7 heteroatoms. The number of aromatic nitrogens is 3. The Hall–Kier alpha value is -2.18. The van der Waals surface area contributed by atoms with Crippen molar-refractivity contribution < 1.29 is 9.05 Å². The van der Waals surface area contributed by atoms with Crippen LogP contribution in [0.25, 0.3) is 22.9 Å². The van der Waals surface area contributed by atoms with Crippen LogP contribution < -0.4 is 5.73 Å². The van der Waals surface area contributed by atoms with Crippen molar-refractivity contribution in [3.63, 3.8) is 0 Å². The van der Waals surface area contributed by atoms with Crippen molar-refractivity contribution in [2.24, 2.45) is 5.73 Å². The normalized spacial score (nSPS) is 16.5. The van der Waals surface area contributed by atoms with Gasteiger partial charge in [-0.1, -0.05) is 34.0 Å². The summed E-state index contributed by atoms with van der Waals surface area (Å²) in [6, 6.07) is 9.11. The largest absolute Gasteiger partial charge is 0.350 e. The van der Waals surface area contributed by atoms with Gasteiger partial charge in [-0.25, -0.2) is 0 Å². The summed E-state index contributed by atoms with van der Waals surface area (Å²) < 4.78 is 10.5. The quantitative estimate of drug-likeness (QED) is 0.796. The second-order valence-corrected chi connectivity index (χ2v) is 5.96. The maximum atomic E-state index is 6.18. The minimum absolute atomic E-state index is 0.285. The number of nitrogens with two attached hydrogens (primary N) is 1. The highest BCUT2D eigenvalue weighted by atomic mass is 35.5. The van der Waals surface area contributed by atoms with E-state index in [-0.39, 0.29) is 5.89 Å². The zero-order chi connectivity index (χ0) is 15.2. The van der Waals surface area contributed by atoms with Crippen molar-refractivity contribution in [2.45, 2.75) is 24.8 Å². The van der Waals surface area contributed by atoms with E-state index in [0.717, 1.165) is 24.8 Å². The lowest BCUT2D eigenvalue weighted by molar-refractivity contribution is 0.229. The number of rotatable bonds is 3. The first-order chi connectivity index (χ1) is 10.6. The van der Waals surface area contributed by atoms with Crippen LogP contribution in [0.5, 0.6) is 0 Å². The third kappa shape index (κ3) is 2.20. The summed E-state index contributed by atoms with van der Waals surface area (Å²) in [5.74, 6) is 1.22. The monoisotopic (exact) mass is 316 g/mol. The first-order valence-electron chi connectivity index (χ1n) is 7.00. The zero-order valence-electron chi connectivity index (χ0n) is 11.6. The topological polar surface area (TPSA) is 91.0 Å². The second-order valence-electron chi connectivity index (χ2n) is 5.52. The van der Waals surface area contributed by atoms with E-state index in [1.807, 2.05) is 18.2 Å². The smallest absolute Gasteiger partial charge is 0.296 e. The van der Waals surface area contributed by atoms with E-state index in [4.69, 9.17) is 26.4 Å². The van der Waals surface area contributed by atoms with E-state index in [1.165, 1.54) is 0 Å². The van der Waals surface area contributed by atoms with Crippen LogP contribution in [-0.4, -0.2) is 15.3 Å². The standard InChI is InChI=1S/C15H13ClN4O2/c16-10-4-1-3-9(7-10)11-8-12(21-19-11)13-18-14(20-22-13)15(17)5-2-6-15/h1,3-4,7-8H,2,5-6,17H2. The predicted octanol–water partition coefficient (Wildman–Crippen LogP) is 3.38. The van der Waals surface area contributed by atoms with Crippen molar-refractivity contribution in [1.29, 1.82) is 0 Å². The van der Waals surface area contributed by atoms with Crippen LogP contribution >= 0.6 is 11.6 Å². The van der Waals surface area contributed by atoms with Gasteiger partial charge in [0.15, 0.2) is 5.82 Å². The Morgan fingerprint density at radius 2 is 2.00 bits per heavy atom. The fourth-order valence-corrected chi connectivity index (χ4v) is 2.66. The SMILES string of the molecule is NC1(c2noc(-c3cc(-c4cccc(Cl)c4)no3)n2)CCC1. The number of benzene rings is 1. The third-order valence-electron chi connectivity index (χ3n) is 3.96. The van der Waals surface area contributed by atoms with E-state index in [1.54, 1.807) is 12.1 Å². The highest BCUT2D eigenvalue weighted by Crippen LogP contribution is 2.38. The van der Waals surface area contributed by atoms with E-state index in [2.05, 4.69) is 15.3 Å². The number of hydrogen-bond acceptors (Lipinski definition) is 6. The van der Waals surface area contributed by atoms with Gasteiger partial charge in [0.25, 0.3) is 5.89 Å². The molecule has 0 unspecified atom stereocenters. The van der Waals surface area contributed by atoms with Gasteiger partial charge in [0.2, 0.25) is 5.76 Å². The molecule has 0 radical (unpaired) electrons. The maximum absolute atomic E-state index is 6.18. The molecule has 1 fully saturated rings. The molecular weight excluding hydrogens is 304 g/mol. The summed E-state index contributed by atoms with van der Waals surface area (Å²) in [6.45, 7) is 0. The molecule has 2 heterocycles. The molecule has 1 saturated carbocycles. The first-order valence-corrected chi connectivity index (χ1v) is 7.38. The van der Waals surface area contributed by atoms with Crippen LogP contribution in [0.1, 0.15) is 25.1 Å². The molecule has 0 aliphatic heterocycles. The fraction of sp³-hybridized carbons (Fsp3) is 0.267. The maximum Gasteiger partial charge on any atom is 0.296 e. The Labute approximate surface area is 131 Å². The summed E-state index contributed by atoms with van der Waals surface area (Å²) in [7, 11) is 0. The van der Waals surface area contributed by atoms with Crippen LogP contribution in [0.15, 0.2) is 39.4 Å². The molecule has 4 rings (SSSR count). The molecule has 1 aliphatic carbocycles. The number of halogens is 1. The van der Waals surface area contributed by atoms with Crippen LogP contribution in [0.3, 0.4) is 0 Å². The van der Waals surface area contributed by atoms with E-state index < -0.39 is 5.54 Å². The Morgan fingerprint density at radius 1 is 1.14 bits per heavy atom. The molecule has 2 N–H and O–H groups in total.